The first-order valence-corrected chi connectivity index (χ1v) is 9.65. The van der Waals surface area contributed by atoms with Crippen molar-refractivity contribution in [2.24, 2.45) is 0 Å². The molecule has 0 saturated carbocycles. The Labute approximate surface area is 158 Å². The minimum Gasteiger partial charge on any atom is -0.454 e. The first-order chi connectivity index (χ1) is 12.7. The van der Waals surface area contributed by atoms with Gasteiger partial charge in [0.15, 0.2) is 15.8 Å². The Bertz CT molecular complexity index is 930. The van der Waals surface area contributed by atoms with Crippen LogP contribution in [0.2, 0.25) is 0 Å². The van der Waals surface area contributed by atoms with Gasteiger partial charge >= 0.3 is 0 Å². The van der Waals surface area contributed by atoms with Crippen LogP contribution in [-0.4, -0.2) is 22.9 Å². The third kappa shape index (κ3) is 3.66. The van der Waals surface area contributed by atoms with Gasteiger partial charge in [-0.05, 0) is 30.7 Å². The number of ether oxygens (including phenoxy) is 2. The predicted molar refractivity (Wildman–Crippen MR) is 101 cm³/mol. The third-order valence-electron chi connectivity index (χ3n) is 3.81. The van der Waals surface area contributed by atoms with Gasteiger partial charge in [0.25, 0.3) is 5.91 Å². The van der Waals surface area contributed by atoms with E-state index in [-0.39, 0.29) is 18.0 Å². The van der Waals surface area contributed by atoms with Crippen molar-refractivity contribution in [3.63, 3.8) is 0 Å². The van der Waals surface area contributed by atoms with Gasteiger partial charge in [0.2, 0.25) is 11.9 Å². The highest BCUT2D eigenvalue weighted by molar-refractivity contribution is 8.01. The molecule has 1 unspecified atom stereocenters. The van der Waals surface area contributed by atoms with Crippen LogP contribution in [0.4, 0.5) is 5.13 Å². The van der Waals surface area contributed by atoms with Crippen molar-refractivity contribution in [2.75, 3.05) is 12.1 Å². The van der Waals surface area contributed by atoms with Crippen molar-refractivity contribution >= 4 is 34.1 Å². The van der Waals surface area contributed by atoms with E-state index in [1.54, 1.807) is 30.0 Å². The number of carbonyl (C=O) groups excluding carboxylic acids is 1. The first kappa shape index (κ1) is 16.9. The molecule has 1 N–H and O–H groups in total. The van der Waals surface area contributed by atoms with Gasteiger partial charge in [-0.25, -0.2) is 0 Å². The molecule has 26 heavy (non-hydrogen) atoms. The molecule has 1 aliphatic heterocycles. The van der Waals surface area contributed by atoms with E-state index in [1.165, 1.54) is 16.9 Å². The molecule has 0 bridgehead atoms. The maximum absolute atomic E-state index is 12.4. The molecule has 0 radical (unpaired) electrons. The molecule has 4 rings (SSSR count). The van der Waals surface area contributed by atoms with Crippen molar-refractivity contribution in [2.45, 2.75) is 16.5 Å². The average Bonchev–Trinajstić information content (AvgIpc) is 3.31. The fourth-order valence-electron chi connectivity index (χ4n) is 2.46. The van der Waals surface area contributed by atoms with Gasteiger partial charge in [0, 0.05) is 10.8 Å². The standard InChI is InChI=1S/C18H15N3O3S2/c1-11(12-5-3-2-4-6-12)25-18-21-20-17(26-18)19-16(22)13-7-8-14-15(9-13)24-10-23-14/h2-9,11H,10H2,1H3,(H,19,20,22). The van der Waals surface area contributed by atoms with E-state index in [2.05, 4.69) is 34.6 Å². The monoisotopic (exact) mass is 385 g/mol. The topological polar surface area (TPSA) is 73.3 Å². The summed E-state index contributed by atoms with van der Waals surface area (Å²) in [6.45, 7) is 2.29. The molecule has 8 heteroatoms. The Morgan fingerprint density at radius 1 is 1.15 bits per heavy atom. The summed E-state index contributed by atoms with van der Waals surface area (Å²) in [6, 6.07) is 15.3. The first-order valence-electron chi connectivity index (χ1n) is 7.95. The summed E-state index contributed by atoms with van der Waals surface area (Å²) in [5.41, 5.74) is 1.70. The van der Waals surface area contributed by atoms with Crippen LogP contribution in [-0.2, 0) is 0 Å². The molecule has 2 aromatic carbocycles. The Hall–Kier alpha value is -2.58. The molecule has 0 fully saturated rings. The van der Waals surface area contributed by atoms with Crippen molar-refractivity contribution in [3.05, 3.63) is 59.7 Å². The smallest absolute Gasteiger partial charge is 0.257 e. The molecule has 0 spiro atoms. The Morgan fingerprint density at radius 3 is 2.81 bits per heavy atom. The normalized spacial score (nSPS) is 13.4. The number of fused-ring (bicyclic) bond motifs is 1. The summed E-state index contributed by atoms with van der Waals surface area (Å²) in [5.74, 6) is 0.959. The van der Waals surface area contributed by atoms with Crippen LogP contribution in [0.25, 0.3) is 0 Å². The second-order valence-corrected chi connectivity index (χ2v) is 8.13. The van der Waals surface area contributed by atoms with Crippen LogP contribution in [0.1, 0.15) is 28.1 Å². The fraction of sp³-hybridized carbons (Fsp3) is 0.167. The molecule has 1 amide bonds. The van der Waals surface area contributed by atoms with E-state index in [0.717, 1.165) is 4.34 Å². The minimum absolute atomic E-state index is 0.178. The number of hydrogen-bond donors (Lipinski definition) is 1. The molecule has 2 heterocycles. The number of anilines is 1. The summed E-state index contributed by atoms with van der Waals surface area (Å²) in [6.07, 6.45) is 0. The zero-order valence-electron chi connectivity index (χ0n) is 13.8. The molecule has 1 aliphatic rings. The van der Waals surface area contributed by atoms with Crippen molar-refractivity contribution < 1.29 is 14.3 Å². The maximum atomic E-state index is 12.4. The lowest BCUT2D eigenvalue weighted by molar-refractivity contribution is 0.102. The van der Waals surface area contributed by atoms with E-state index < -0.39 is 0 Å². The number of aromatic nitrogens is 2. The lowest BCUT2D eigenvalue weighted by Crippen LogP contribution is -2.11. The molecule has 1 aromatic heterocycles. The SMILES string of the molecule is CC(Sc1nnc(NC(=O)c2ccc3c(c2)OCO3)s1)c1ccccc1. The largest absolute Gasteiger partial charge is 0.454 e. The highest BCUT2D eigenvalue weighted by Gasteiger charge is 2.18. The highest BCUT2D eigenvalue weighted by atomic mass is 32.2. The average molecular weight is 385 g/mol. The minimum atomic E-state index is -0.257. The number of rotatable bonds is 5. The van der Waals surface area contributed by atoms with E-state index in [0.29, 0.717) is 22.2 Å². The second kappa shape index (κ2) is 7.35. The van der Waals surface area contributed by atoms with Gasteiger partial charge in [-0.15, -0.1) is 10.2 Å². The summed E-state index contributed by atoms with van der Waals surface area (Å²) in [7, 11) is 0. The van der Waals surface area contributed by atoms with Gasteiger partial charge in [-0.2, -0.15) is 0 Å². The van der Waals surface area contributed by atoms with Crippen LogP contribution < -0.4 is 14.8 Å². The quantitative estimate of drug-likeness (QED) is 0.519. The maximum Gasteiger partial charge on any atom is 0.257 e. The molecule has 3 aromatic rings. The Balaban J connectivity index is 1.41. The summed E-state index contributed by atoms with van der Waals surface area (Å²) in [5, 5.41) is 11.7. The number of nitrogens with zero attached hydrogens (tertiary/aromatic N) is 2. The number of carbonyl (C=O) groups is 1. The van der Waals surface area contributed by atoms with Crippen LogP contribution in [0.15, 0.2) is 52.9 Å². The summed E-state index contributed by atoms with van der Waals surface area (Å²) in [4.78, 5) is 12.4. The molecule has 0 aliphatic carbocycles. The summed E-state index contributed by atoms with van der Waals surface area (Å²) >= 11 is 2.97. The predicted octanol–water partition coefficient (Wildman–Crippen LogP) is 4.37. The third-order valence-corrected chi connectivity index (χ3v) is 5.89. The highest BCUT2D eigenvalue weighted by Crippen LogP contribution is 2.37. The molecule has 132 valence electrons. The van der Waals surface area contributed by atoms with Gasteiger partial charge < -0.3 is 9.47 Å². The summed E-state index contributed by atoms with van der Waals surface area (Å²) < 4.78 is 11.4. The van der Waals surface area contributed by atoms with Gasteiger partial charge in [-0.3, -0.25) is 10.1 Å². The van der Waals surface area contributed by atoms with Crippen molar-refractivity contribution in [1.29, 1.82) is 0 Å². The second-order valence-electron chi connectivity index (χ2n) is 5.57. The zero-order chi connectivity index (χ0) is 17.9. The lowest BCUT2D eigenvalue weighted by Gasteiger charge is -2.08. The Kier molecular flexibility index (Phi) is 4.77. The van der Waals surface area contributed by atoms with Gasteiger partial charge in [0.05, 0.1) is 0 Å². The number of amides is 1. The molecular weight excluding hydrogens is 370 g/mol. The van der Waals surface area contributed by atoms with E-state index in [1.807, 2.05) is 18.2 Å². The lowest BCUT2D eigenvalue weighted by atomic mass is 10.2. The fourth-order valence-corrected chi connectivity index (χ4v) is 4.48. The number of thioether (sulfide) groups is 1. The number of nitrogens with one attached hydrogen (secondary N) is 1. The van der Waals surface area contributed by atoms with E-state index in [4.69, 9.17) is 9.47 Å². The molecule has 1 atom stereocenters. The van der Waals surface area contributed by atoms with E-state index in [9.17, 15) is 4.79 Å². The molecular formula is C18H15N3O3S2. The van der Waals surface area contributed by atoms with Crippen LogP contribution in [0, 0.1) is 0 Å². The van der Waals surface area contributed by atoms with Crippen molar-refractivity contribution in [1.82, 2.24) is 10.2 Å². The Morgan fingerprint density at radius 2 is 1.96 bits per heavy atom. The zero-order valence-corrected chi connectivity index (χ0v) is 15.5. The number of hydrogen-bond acceptors (Lipinski definition) is 7. The van der Waals surface area contributed by atoms with Crippen LogP contribution in [0.3, 0.4) is 0 Å². The van der Waals surface area contributed by atoms with Crippen LogP contribution >= 0.6 is 23.1 Å². The molecule has 0 saturated heterocycles. The van der Waals surface area contributed by atoms with Crippen LogP contribution in [0.5, 0.6) is 11.5 Å². The number of benzene rings is 2. The van der Waals surface area contributed by atoms with E-state index >= 15 is 0 Å². The van der Waals surface area contributed by atoms with Gasteiger partial charge in [0.1, 0.15) is 0 Å². The van der Waals surface area contributed by atoms with Gasteiger partial charge in [-0.1, -0.05) is 53.4 Å². The van der Waals surface area contributed by atoms with Crippen molar-refractivity contribution in [3.8, 4) is 11.5 Å². The molecule has 6 nitrogen and oxygen atoms in total.